The van der Waals surface area contributed by atoms with Crippen molar-refractivity contribution >= 4 is 23.1 Å². The largest absolute Gasteiger partial charge is 0.488 e. The molecule has 2 aromatic rings. The van der Waals surface area contributed by atoms with E-state index in [4.69, 9.17) is 27.0 Å². The van der Waals surface area contributed by atoms with Gasteiger partial charge in [-0.3, -0.25) is 10.8 Å². The number of hydrogen-bond donors (Lipinski definition) is 5. The van der Waals surface area contributed by atoms with Gasteiger partial charge in [0, 0.05) is 49.7 Å². The average Bonchev–Trinajstić information content (AvgIpc) is 3.55. The quantitative estimate of drug-likeness (QED) is 0.234. The van der Waals surface area contributed by atoms with Crippen molar-refractivity contribution in [2.45, 2.75) is 44.8 Å². The number of allylic oxidation sites excluding steroid dienone is 1. The number of anilines is 2. The van der Waals surface area contributed by atoms with Crippen LogP contribution in [-0.2, 0) is 5.60 Å². The summed E-state index contributed by atoms with van der Waals surface area (Å²) < 4.78 is 6.00. The maximum atomic E-state index is 10.3. The number of nitrogens with one attached hydrogen (secondary N) is 2. The van der Waals surface area contributed by atoms with Gasteiger partial charge in [-0.15, -0.1) is 0 Å². The highest BCUT2D eigenvalue weighted by Crippen LogP contribution is 2.40. The lowest BCUT2D eigenvalue weighted by Gasteiger charge is -2.36. The summed E-state index contributed by atoms with van der Waals surface area (Å²) in [5.74, 6) is 1.73. The minimum Gasteiger partial charge on any atom is -0.488 e. The number of ether oxygens (including phenoxy) is 1. The van der Waals surface area contributed by atoms with Crippen molar-refractivity contribution < 1.29 is 9.84 Å². The van der Waals surface area contributed by atoms with Crippen molar-refractivity contribution in [1.82, 2.24) is 9.88 Å². The van der Waals surface area contributed by atoms with Crippen LogP contribution in [0, 0.1) is 10.8 Å². The van der Waals surface area contributed by atoms with E-state index < -0.39 is 5.60 Å². The fraction of sp³-hybridized carbons (Fsp3) is 0.423. The Labute approximate surface area is 206 Å². The number of piperazine rings is 1. The molecule has 35 heavy (non-hydrogen) atoms. The van der Waals surface area contributed by atoms with Crippen molar-refractivity contribution in [1.29, 1.82) is 10.8 Å². The standard InChI is InChI=1S/C26H35N7O2/c1-25(2,34)17-6-9-31-23(14-17)33-12-10-32(11-13-33)22(29)16-21(28)24(30)19-15-18(4-5-20(19)27)35-26(3)7-8-26/h4-6,9,14-16,29-30,34H,7-8,10-13,27-28H2,1-3H3. The van der Waals surface area contributed by atoms with E-state index in [1.165, 1.54) is 6.08 Å². The molecule has 0 spiro atoms. The van der Waals surface area contributed by atoms with Crippen LogP contribution < -0.4 is 21.1 Å². The summed E-state index contributed by atoms with van der Waals surface area (Å²) in [4.78, 5) is 8.52. The third-order valence-electron chi connectivity index (χ3n) is 6.59. The first-order valence-electron chi connectivity index (χ1n) is 11.9. The number of nitrogen functional groups attached to an aromatic ring is 1. The lowest BCUT2D eigenvalue weighted by Crippen LogP contribution is -2.48. The monoisotopic (exact) mass is 477 g/mol. The first-order valence-corrected chi connectivity index (χ1v) is 11.9. The minimum atomic E-state index is -0.931. The molecule has 1 aliphatic carbocycles. The van der Waals surface area contributed by atoms with Gasteiger partial charge in [0.2, 0.25) is 0 Å². The minimum absolute atomic E-state index is 0.0740. The summed E-state index contributed by atoms with van der Waals surface area (Å²) in [5, 5.41) is 27.4. The number of aliphatic hydroxyl groups is 1. The van der Waals surface area contributed by atoms with E-state index >= 15 is 0 Å². The van der Waals surface area contributed by atoms with Gasteiger partial charge in [0.15, 0.2) is 0 Å². The molecule has 1 saturated carbocycles. The smallest absolute Gasteiger partial charge is 0.128 e. The van der Waals surface area contributed by atoms with Gasteiger partial charge in [0.05, 0.1) is 17.0 Å². The molecule has 2 aliphatic rings. The first-order chi connectivity index (χ1) is 16.4. The average molecular weight is 478 g/mol. The van der Waals surface area contributed by atoms with Crippen molar-refractivity contribution in [3.63, 3.8) is 0 Å². The zero-order valence-corrected chi connectivity index (χ0v) is 20.6. The number of nitrogens with zero attached hydrogens (tertiary/aromatic N) is 3. The predicted molar refractivity (Wildman–Crippen MR) is 139 cm³/mol. The number of hydrogen-bond acceptors (Lipinski definition) is 8. The van der Waals surface area contributed by atoms with Crippen LogP contribution in [0.3, 0.4) is 0 Å². The van der Waals surface area contributed by atoms with Crippen LogP contribution in [0.25, 0.3) is 0 Å². The van der Waals surface area contributed by atoms with Crippen molar-refractivity contribution in [3.05, 3.63) is 59.4 Å². The highest BCUT2D eigenvalue weighted by molar-refractivity contribution is 6.15. The number of aromatic nitrogens is 1. The second-order valence-corrected chi connectivity index (χ2v) is 10.1. The molecule has 1 aromatic carbocycles. The van der Waals surface area contributed by atoms with Gasteiger partial charge >= 0.3 is 0 Å². The summed E-state index contributed by atoms with van der Waals surface area (Å²) in [6.07, 6.45) is 5.25. The summed E-state index contributed by atoms with van der Waals surface area (Å²) >= 11 is 0. The molecule has 0 unspecified atom stereocenters. The van der Waals surface area contributed by atoms with Crippen LogP contribution in [0.5, 0.6) is 5.75 Å². The first kappa shape index (κ1) is 24.5. The molecule has 2 heterocycles. The van der Waals surface area contributed by atoms with E-state index in [0.29, 0.717) is 43.2 Å². The van der Waals surface area contributed by atoms with Gasteiger partial charge in [0.25, 0.3) is 0 Å². The van der Waals surface area contributed by atoms with Crippen LogP contribution in [0.1, 0.15) is 44.7 Å². The molecule has 1 aliphatic heterocycles. The molecule has 9 heteroatoms. The molecule has 0 atom stereocenters. The Balaban J connectivity index is 1.39. The third-order valence-corrected chi connectivity index (χ3v) is 6.59. The Hall–Kier alpha value is -3.59. The van der Waals surface area contributed by atoms with E-state index in [1.54, 1.807) is 32.2 Å². The van der Waals surface area contributed by atoms with Crippen LogP contribution >= 0.6 is 0 Å². The maximum Gasteiger partial charge on any atom is 0.128 e. The fourth-order valence-corrected chi connectivity index (χ4v) is 3.99. The van der Waals surface area contributed by atoms with E-state index in [1.807, 2.05) is 23.1 Å². The Bertz CT molecular complexity index is 1160. The number of nitrogens with two attached hydrogens (primary N) is 2. The molecular weight excluding hydrogens is 442 g/mol. The predicted octanol–water partition coefficient (Wildman–Crippen LogP) is 2.83. The Kier molecular flexibility index (Phi) is 6.46. The number of rotatable bonds is 7. The van der Waals surface area contributed by atoms with E-state index in [2.05, 4.69) is 16.8 Å². The van der Waals surface area contributed by atoms with Gasteiger partial charge < -0.3 is 31.1 Å². The summed E-state index contributed by atoms with van der Waals surface area (Å²) in [6, 6.07) is 9.01. The zero-order valence-electron chi connectivity index (χ0n) is 20.6. The molecule has 2 fully saturated rings. The highest BCUT2D eigenvalue weighted by atomic mass is 16.5. The molecule has 9 nitrogen and oxygen atoms in total. The molecule has 0 amide bonds. The highest BCUT2D eigenvalue weighted by Gasteiger charge is 2.40. The lowest BCUT2D eigenvalue weighted by atomic mass is 9.99. The molecule has 4 rings (SSSR count). The number of pyridine rings is 1. The Morgan fingerprint density at radius 2 is 1.83 bits per heavy atom. The molecule has 7 N–H and O–H groups in total. The fourth-order valence-electron chi connectivity index (χ4n) is 3.99. The van der Waals surface area contributed by atoms with Crippen molar-refractivity contribution in [2.24, 2.45) is 5.73 Å². The van der Waals surface area contributed by atoms with Gasteiger partial charge in [0.1, 0.15) is 23.0 Å². The van der Waals surface area contributed by atoms with E-state index in [-0.39, 0.29) is 22.8 Å². The van der Waals surface area contributed by atoms with Crippen molar-refractivity contribution in [3.8, 4) is 5.75 Å². The molecule has 0 radical (unpaired) electrons. The van der Waals surface area contributed by atoms with Gasteiger partial charge in [-0.2, -0.15) is 0 Å². The topological polar surface area (TPSA) is 149 Å². The zero-order chi connectivity index (χ0) is 25.4. The van der Waals surface area contributed by atoms with E-state index in [0.717, 1.165) is 24.2 Å². The molecular formula is C26H35N7O2. The molecule has 1 aromatic heterocycles. The summed E-state index contributed by atoms with van der Waals surface area (Å²) in [6.45, 7) is 8.17. The van der Waals surface area contributed by atoms with Gasteiger partial charge in [-0.1, -0.05) is 0 Å². The van der Waals surface area contributed by atoms with Crippen LogP contribution in [0.4, 0.5) is 11.5 Å². The van der Waals surface area contributed by atoms with Crippen molar-refractivity contribution in [2.75, 3.05) is 36.8 Å². The van der Waals surface area contributed by atoms with Crippen LogP contribution in [0.15, 0.2) is 48.3 Å². The van der Waals surface area contributed by atoms with Gasteiger partial charge in [-0.05, 0) is 69.5 Å². The summed E-state index contributed by atoms with van der Waals surface area (Å²) in [5.41, 5.74) is 13.3. The van der Waals surface area contributed by atoms with Crippen LogP contribution in [0.2, 0.25) is 0 Å². The second-order valence-electron chi connectivity index (χ2n) is 10.1. The SMILES string of the molecule is CC1(Oc2ccc(N)c(C(=N)C(N)=CC(=N)N3CCN(c4cc(C(C)(C)O)ccn4)CC3)c2)CC1. The molecule has 1 saturated heterocycles. The summed E-state index contributed by atoms with van der Waals surface area (Å²) in [7, 11) is 0. The normalized spacial score (nSPS) is 17.8. The maximum absolute atomic E-state index is 10.3. The number of benzene rings is 1. The Morgan fingerprint density at radius 3 is 2.46 bits per heavy atom. The number of amidine groups is 1. The lowest BCUT2D eigenvalue weighted by molar-refractivity contribution is 0.0785. The van der Waals surface area contributed by atoms with Crippen LogP contribution in [-0.4, -0.2) is 58.3 Å². The molecule has 186 valence electrons. The third kappa shape index (κ3) is 5.74. The van der Waals surface area contributed by atoms with Gasteiger partial charge in [-0.25, -0.2) is 4.98 Å². The second kappa shape index (κ2) is 9.22. The molecule has 0 bridgehead atoms. The van der Waals surface area contributed by atoms with E-state index in [9.17, 15) is 5.11 Å². The Morgan fingerprint density at radius 1 is 1.14 bits per heavy atom.